The molecule has 1 N–H and O–H groups in total. The van der Waals surface area contributed by atoms with Crippen molar-refractivity contribution >= 4 is 23.3 Å². The molecule has 1 aromatic carbocycles. The van der Waals surface area contributed by atoms with E-state index in [0.717, 1.165) is 25.2 Å². The number of halogens is 1. The fraction of sp³-hybridized carbons (Fsp3) is 0.421. The maximum atomic E-state index is 12.5. The van der Waals surface area contributed by atoms with Gasteiger partial charge in [-0.25, -0.2) is 0 Å². The van der Waals surface area contributed by atoms with Gasteiger partial charge in [-0.15, -0.1) is 10.2 Å². The Kier molecular flexibility index (Phi) is 6.70. The summed E-state index contributed by atoms with van der Waals surface area (Å²) in [6, 6.07) is 11.0. The summed E-state index contributed by atoms with van der Waals surface area (Å²) in [5, 5.41) is 11.3. The van der Waals surface area contributed by atoms with E-state index in [4.69, 9.17) is 21.1 Å². The lowest BCUT2D eigenvalue weighted by atomic mass is 9.97. The van der Waals surface area contributed by atoms with Crippen LogP contribution in [0.25, 0.3) is 0 Å². The Morgan fingerprint density at radius 1 is 1.26 bits per heavy atom. The number of methoxy groups -OCH3 is 1. The van der Waals surface area contributed by atoms with Crippen molar-refractivity contribution in [1.82, 2.24) is 15.5 Å². The van der Waals surface area contributed by atoms with E-state index in [0.29, 0.717) is 36.3 Å². The molecule has 1 saturated heterocycles. The number of para-hydroxylation sites is 2. The Morgan fingerprint density at radius 2 is 2.07 bits per heavy atom. The Balaban J connectivity index is 1.45. The second kappa shape index (κ2) is 9.41. The number of aromatic nitrogens is 2. The lowest BCUT2D eigenvalue weighted by molar-refractivity contribution is -0.125. The molecule has 0 spiro atoms. The van der Waals surface area contributed by atoms with Crippen molar-refractivity contribution in [2.75, 3.05) is 38.3 Å². The van der Waals surface area contributed by atoms with Crippen LogP contribution >= 0.6 is 11.6 Å². The van der Waals surface area contributed by atoms with Crippen LogP contribution in [-0.4, -0.2) is 49.5 Å². The first kappa shape index (κ1) is 19.2. The third-order valence-electron chi connectivity index (χ3n) is 4.46. The van der Waals surface area contributed by atoms with Crippen LogP contribution in [-0.2, 0) is 4.79 Å². The van der Waals surface area contributed by atoms with Gasteiger partial charge in [0.2, 0.25) is 5.91 Å². The van der Waals surface area contributed by atoms with Crippen LogP contribution < -0.4 is 19.7 Å². The number of nitrogens with one attached hydrogen (secondary N) is 1. The molecule has 7 nitrogen and oxygen atoms in total. The van der Waals surface area contributed by atoms with Gasteiger partial charge in [0.05, 0.1) is 19.6 Å². The standard InChI is InChI=1S/C19H23ClN4O3/c1-26-15-6-2-3-7-16(15)27-12-10-21-19(25)14-5-4-11-24(13-14)18-9-8-17(20)22-23-18/h2-3,6-9,14H,4-5,10-13H2,1H3,(H,21,25). The minimum Gasteiger partial charge on any atom is -0.493 e. The molecule has 144 valence electrons. The maximum absolute atomic E-state index is 12.5. The number of piperidine rings is 1. The van der Waals surface area contributed by atoms with Crippen molar-refractivity contribution < 1.29 is 14.3 Å². The third kappa shape index (κ3) is 5.23. The number of hydrogen-bond donors (Lipinski definition) is 1. The molecule has 1 fully saturated rings. The Hall–Kier alpha value is -2.54. The molecule has 0 aliphatic carbocycles. The fourth-order valence-corrected chi connectivity index (χ4v) is 3.20. The van der Waals surface area contributed by atoms with E-state index in [9.17, 15) is 4.79 Å². The van der Waals surface area contributed by atoms with E-state index in [1.54, 1.807) is 13.2 Å². The van der Waals surface area contributed by atoms with Gasteiger partial charge in [-0.3, -0.25) is 4.79 Å². The second-order valence-electron chi connectivity index (χ2n) is 6.29. The molecule has 0 saturated carbocycles. The van der Waals surface area contributed by atoms with Crippen LogP contribution in [0, 0.1) is 5.92 Å². The fourth-order valence-electron chi connectivity index (χ4n) is 3.09. The van der Waals surface area contributed by atoms with Gasteiger partial charge in [0, 0.05) is 13.1 Å². The average molecular weight is 391 g/mol. The largest absolute Gasteiger partial charge is 0.493 e. The van der Waals surface area contributed by atoms with Crippen LogP contribution in [0.5, 0.6) is 11.5 Å². The van der Waals surface area contributed by atoms with Crippen LogP contribution in [0.15, 0.2) is 36.4 Å². The van der Waals surface area contributed by atoms with Crippen molar-refractivity contribution in [1.29, 1.82) is 0 Å². The molecule has 1 aliphatic heterocycles. The number of amides is 1. The van der Waals surface area contributed by atoms with Crippen molar-refractivity contribution in [3.8, 4) is 11.5 Å². The van der Waals surface area contributed by atoms with Crippen molar-refractivity contribution in [2.45, 2.75) is 12.8 Å². The minimum atomic E-state index is -0.0810. The molecule has 2 aromatic rings. The van der Waals surface area contributed by atoms with E-state index < -0.39 is 0 Å². The predicted octanol–water partition coefficient (Wildman–Crippen LogP) is 2.55. The number of nitrogens with zero attached hydrogens (tertiary/aromatic N) is 3. The van der Waals surface area contributed by atoms with Crippen LogP contribution in [0.2, 0.25) is 5.15 Å². The van der Waals surface area contributed by atoms with Crippen molar-refractivity contribution in [3.05, 3.63) is 41.6 Å². The van der Waals surface area contributed by atoms with Gasteiger partial charge < -0.3 is 19.7 Å². The maximum Gasteiger partial charge on any atom is 0.225 e. The number of carbonyl (C=O) groups excluding carboxylic acids is 1. The first-order valence-electron chi connectivity index (χ1n) is 8.95. The molecule has 27 heavy (non-hydrogen) atoms. The molecule has 1 aromatic heterocycles. The Labute approximate surface area is 163 Å². The summed E-state index contributed by atoms with van der Waals surface area (Å²) >= 11 is 5.79. The molecular weight excluding hydrogens is 368 g/mol. The van der Waals surface area contributed by atoms with Gasteiger partial charge in [0.25, 0.3) is 0 Å². The molecule has 1 amide bonds. The molecule has 1 aliphatic rings. The van der Waals surface area contributed by atoms with E-state index in [1.807, 2.05) is 30.3 Å². The summed E-state index contributed by atoms with van der Waals surface area (Å²) < 4.78 is 10.9. The number of rotatable bonds is 7. The molecule has 1 atom stereocenters. The highest BCUT2D eigenvalue weighted by Gasteiger charge is 2.26. The quantitative estimate of drug-likeness (QED) is 0.732. The third-order valence-corrected chi connectivity index (χ3v) is 4.66. The van der Waals surface area contributed by atoms with Crippen LogP contribution in [0.1, 0.15) is 12.8 Å². The van der Waals surface area contributed by atoms with E-state index in [1.165, 1.54) is 0 Å². The summed E-state index contributed by atoms with van der Waals surface area (Å²) in [5.74, 6) is 2.04. The molecule has 3 rings (SSSR count). The summed E-state index contributed by atoms with van der Waals surface area (Å²) in [6.45, 7) is 2.30. The highest BCUT2D eigenvalue weighted by atomic mass is 35.5. The molecule has 1 unspecified atom stereocenters. The lowest BCUT2D eigenvalue weighted by Crippen LogP contribution is -2.44. The topological polar surface area (TPSA) is 76.6 Å². The zero-order chi connectivity index (χ0) is 19.1. The highest BCUT2D eigenvalue weighted by molar-refractivity contribution is 6.29. The Morgan fingerprint density at radius 3 is 2.81 bits per heavy atom. The first-order chi connectivity index (χ1) is 13.2. The monoisotopic (exact) mass is 390 g/mol. The van der Waals surface area contributed by atoms with E-state index in [2.05, 4.69) is 20.4 Å². The smallest absolute Gasteiger partial charge is 0.225 e. The van der Waals surface area contributed by atoms with Gasteiger partial charge >= 0.3 is 0 Å². The van der Waals surface area contributed by atoms with Gasteiger partial charge in [-0.1, -0.05) is 23.7 Å². The number of ether oxygens (including phenoxy) is 2. The molecule has 8 heteroatoms. The first-order valence-corrected chi connectivity index (χ1v) is 9.33. The van der Waals surface area contributed by atoms with Gasteiger partial charge in [0.1, 0.15) is 6.61 Å². The molecular formula is C19H23ClN4O3. The second-order valence-corrected chi connectivity index (χ2v) is 6.68. The summed E-state index contributed by atoms with van der Waals surface area (Å²) in [5.41, 5.74) is 0. The number of carbonyl (C=O) groups is 1. The normalized spacial score (nSPS) is 16.7. The molecule has 0 radical (unpaired) electrons. The molecule has 0 bridgehead atoms. The lowest BCUT2D eigenvalue weighted by Gasteiger charge is -2.32. The zero-order valence-corrected chi connectivity index (χ0v) is 16.0. The van der Waals surface area contributed by atoms with E-state index in [-0.39, 0.29) is 11.8 Å². The van der Waals surface area contributed by atoms with Gasteiger partial charge in [-0.2, -0.15) is 0 Å². The van der Waals surface area contributed by atoms with Gasteiger partial charge in [0.15, 0.2) is 22.5 Å². The Bertz CT molecular complexity index is 757. The van der Waals surface area contributed by atoms with Crippen molar-refractivity contribution in [3.63, 3.8) is 0 Å². The zero-order valence-electron chi connectivity index (χ0n) is 15.2. The number of anilines is 1. The van der Waals surface area contributed by atoms with Crippen LogP contribution in [0.4, 0.5) is 5.82 Å². The summed E-state index contributed by atoms with van der Waals surface area (Å²) in [4.78, 5) is 14.6. The average Bonchev–Trinajstić information content (AvgIpc) is 2.72. The number of benzene rings is 1. The number of hydrogen-bond acceptors (Lipinski definition) is 6. The highest BCUT2D eigenvalue weighted by Crippen LogP contribution is 2.25. The van der Waals surface area contributed by atoms with Crippen LogP contribution in [0.3, 0.4) is 0 Å². The summed E-state index contributed by atoms with van der Waals surface area (Å²) in [6.07, 6.45) is 1.79. The van der Waals surface area contributed by atoms with Gasteiger partial charge in [-0.05, 0) is 37.1 Å². The van der Waals surface area contributed by atoms with E-state index >= 15 is 0 Å². The predicted molar refractivity (Wildman–Crippen MR) is 103 cm³/mol. The molecule has 2 heterocycles. The SMILES string of the molecule is COc1ccccc1OCCNC(=O)C1CCCN(c2ccc(Cl)nn2)C1. The van der Waals surface area contributed by atoms with Crippen molar-refractivity contribution in [2.24, 2.45) is 5.92 Å². The summed E-state index contributed by atoms with van der Waals surface area (Å²) in [7, 11) is 1.60. The minimum absolute atomic E-state index is 0.0326.